The quantitative estimate of drug-likeness (QED) is 0.862. The van der Waals surface area contributed by atoms with Gasteiger partial charge in [-0.15, -0.1) is 0 Å². The molecule has 120 valence electrons. The predicted octanol–water partition coefficient (Wildman–Crippen LogP) is 2.66. The molecule has 5 heteroatoms. The summed E-state index contributed by atoms with van der Waals surface area (Å²) in [6.07, 6.45) is 4.92. The SMILES string of the molecule is N[C@@H]1CCC[C@H]1CC(=O)NC1CCN(c2ccccc2Br)C1. The van der Waals surface area contributed by atoms with Crippen molar-refractivity contribution in [2.45, 2.75) is 44.2 Å². The van der Waals surface area contributed by atoms with Gasteiger partial charge in [-0.1, -0.05) is 18.6 Å². The van der Waals surface area contributed by atoms with Gasteiger partial charge in [-0.3, -0.25) is 4.79 Å². The molecule has 3 atom stereocenters. The average Bonchev–Trinajstić information content (AvgIpc) is 3.10. The second kappa shape index (κ2) is 7.01. The molecule has 22 heavy (non-hydrogen) atoms. The van der Waals surface area contributed by atoms with Gasteiger partial charge in [0.25, 0.3) is 0 Å². The predicted molar refractivity (Wildman–Crippen MR) is 92.8 cm³/mol. The van der Waals surface area contributed by atoms with E-state index in [4.69, 9.17) is 5.73 Å². The van der Waals surface area contributed by atoms with E-state index < -0.39 is 0 Å². The van der Waals surface area contributed by atoms with Crippen LogP contribution in [0.15, 0.2) is 28.7 Å². The second-order valence-electron chi connectivity index (χ2n) is 6.51. The van der Waals surface area contributed by atoms with Crippen LogP contribution < -0.4 is 16.0 Å². The van der Waals surface area contributed by atoms with E-state index in [2.05, 4.69) is 38.3 Å². The number of hydrogen-bond donors (Lipinski definition) is 2. The number of nitrogens with one attached hydrogen (secondary N) is 1. The number of anilines is 1. The first-order valence-corrected chi connectivity index (χ1v) is 8.97. The van der Waals surface area contributed by atoms with E-state index in [-0.39, 0.29) is 18.0 Å². The van der Waals surface area contributed by atoms with Gasteiger partial charge in [0.2, 0.25) is 5.91 Å². The van der Waals surface area contributed by atoms with Crippen LogP contribution in [0.1, 0.15) is 32.1 Å². The maximum atomic E-state index is 12.2. The van der Waals surface area contributed by atoms with Crippen molar-refractivity contribution in [3.05, 3.63) is 28.7 Å². The zero-order valence-electron chi connectivity index (χ0n) is 12.8. The number of nitrogens with two attached hydrogens (primary N) is 1. The molecule has 1 heterocycles. The van der Waals surface area contributed by atoms with Crippen LogP contribution in [0.3, 0.4) is 0 Å². The number of carbonyl (C=O) groups excluding carboxylic acids is 1. The van der Waals surface area contributed by atoms with Gasteiger partial charge < -0.3 is 16.0 Å². The molecule has 1 aromatic carbocycles. The summed E-state index contributed by atoms with van der Waals surface area (Å²) >= 11 is 3.60. The smallest absolute Gasteiger partial charge is 0.220 e. The van der Waals surface area contributed by atoms with Crippen LogP contribution in [0.2, 0.25) is 0 Å². The number of hydrogen-bond acceptors (Lipinski definition) is 3. The van der Waals surface area contributed by atoms with Crippen molar-refractivity contribution in [1.82, 2.24) is 5.32 Å². The van der Waals surface area contributed by atoms with Crippen molar-refractivity contribution in [2.75, 3.05) is 18.0 Å². The zero-order valence-corrected chi connectivity index (χ0v) is 14.4. The Bertz CT molecular complexity index is 536. The van der Waals surface area contributed by atoms with Crippen molar-refractivity contribution in [2.24, 2.45) is 11.7 Å². The zero-order chi connectivity index (χ0) is 15.5. The summed E-state index contributed by atoms with van der Waals surface area (Å²) in [4.78, 5) is 14.5. The Morgan fingerprint density at radius 3 is 2.86 bits per heavy atom. The summed E-state index contributed by atoms with van der Waals surface area (Å²) in [5.41, 5.74) is 7.26. The molecule has 3 rings (SSSR count). The number of halogens is 1. The summed E-state index contributed by atoms with van der Waals surface area (Å²) in [6.45, 7) is 1.86. The molecular weight excluding hydrogens is 342 g/mol. The minimum absolute atomic E-state index is 0.168. The fraction of sp³-hybridized carbons (Fsp3) is 0.588. The normalized spacial score (nSPS) is 28.1. The Morgan fingerprint density at radius 2 is 2.14 bits per heavy atom. The van der Waals surface area contributed by atoms with Crippen LogP contribution in [0, 0.1) is 5.92 Å². The molecule has 1 amide bonds. The van der Waals surface area contributed by atoms with E-state index in [0.29, 0.717) is 12.3 Å². The molecule has 1 aliphatic heterocycles. The third-order valence-electron chi connectivity index (χ3n) is 4.91. The molecule has 0 aromatic heterocycles. The molecule has 0 spiro atoms. The lowest BCUT2D eigenvalue weighted by molar-refractivity contribution is -0.122. The van der Waals surface area contributed by atoms with Crippen LogP contribution >= 0.6 is 15.9 Å². The van der Waals surface area contributed by atoms with Crippen molar-refractivity contribution in [3.8, 4) is 0 Å². The van der Waals surface area contributed by atoms with Crippen LogP contribution in [0.25, 0.3) is 0 Å². The van der Waals surface area contributed by atoms with Gasteiger partial charge in [-0.2, -0.15) is 0 Å². The summed E-state index contributed by atoms with van der Waals surface area (Å²) in [7, 11) is 0. The maximum absolute atomic E-state index is 12.2. The number of rotatable bonds is 4. The molecule has 4 nitrogen and oxygen atoms in total. The highest BCUT2D eigenvalue weighted by molar-refractivity contribution is 9.10. The number of para-hydroxylation sites is 1. The minimum Gasteiger partial charge on any atom is -0.368 e. The molecule has 2 fully saturated rings. The third kappa shape index (κ3) is 3.63. The van der Waals surface area contributed by atoms with Crippen molar-refractivity contribution < 1.29 is 4.79 Å². The third-order valence-corrected chi connectivity index (χ3v) is 5.58. The Kier molecular flexibility index (Phi) is 5.03. The highest BCUT2D eigenvalue weighted by Crippen LogP contribution is 2.29. The molecule has 1 saturated carbocycles. The molecule has 1 saturated heterocycles. The Morgan fingerprint density at radius 1 is 1.32 bits per heavy atom. The van der Waals surface area contributed by atoms with E-state index in [0.717, 1.165) is 36.8 Å². The summed E-state index contributed by atoms with van der Waals surface area (Å²) in [5.74, 6) is 0.544. The second-order valence-corrected chi connectivity index (χ2v) is 7.36. The fourth-order valence-electron chi connectivity index (χ4n) is 3.65. The molecular formula is C17H24BrN3O. The van der Waals surface area contributed by atoms with Gasteiger partial charge in [0.15, 0.2) is 0 Å². The van der Waals surface area contributed by atoms with Crippen LogP contribution in [0.4, 0.5) is 5.69 Å². The largest absolute Gasteiger partial charge is 0.368 e. The number of carbonyl (C=O) groups is 1. The summed E-state index contributed by atoms with van der Waals surface area (Å²) in [5, 5.41) is 3.19. The van der Waals surface area contributed by atoms with Gasteiger partial charge in [-0.25, -0.2) is 0 Å². The van der Waals surface area contributed by atoms with E-state index in [1.165, 1.54) is 12.1 Å². The first-order chi connectivity index (χ1) is 10.6. The molecule has 3 N–H and O–H groups in total. The van der Waals surface area contributed by atoms with Gasteiger partial charge in [0.1, 0.15) is 0 Å². The summed E-state index contributed by atoms with van der Waals surface area (Å²) in [6, 6.07) is 8.71. The minimum atomic E-state index is 0.168. The van der Waals surface area contributed by atoms with Crippen LogP contribution in [-0.2, 0) is 4.79 Å². The molecule has 1 unspecified atom stereocenters. The van der Waals surface area contributed by atoms with Crippen molar-refractivity contribution >= 4 is 27.5 Å². The van der Waals surface area contributed by atoms with E-state index >= 15 is 0 Å². The number of amides is 1. The summed E-state index contributed by atoms with van der Waals surface area (Å²) < 4.78 is 1.11. The molecule has 1 aromatic rings. The Hall–Kier alpha value is -1.07. The van der Waals surface area contributed by atoms with Crippen LogP contribution in [-0.4, -0.2) is 31.1 Å². The molecule has 1 aliphatic carbocycles. The van der Waals surface area contributed by atoms with Crippen molar-refractivity contribution in [1.29, 1.82) is 0 Å². The van der Waals surface area contributed by atoms with Crippen molar-refractivity contribution in [3.63, 3.8) is 0 Å². The lowest BCUT2D eigenvalue weighted by Gasteiger charge is -2.21. The standard InChI is InChI=1S/C17H24BrN3O/c18-14-5-1-2-7-16(14)21-9-8-13(11-21)20-17(22)10-12-4-3-6-15(12)19/h1-2,5,7,12-13,15H,3-4,6,8-11,19H2,(H,20,22)/t12-,13?,15+/m0/s1. The van der Waals surface area contributed by atoms with E-state index in [1.54, 1.807) is 0 Å². The fourth-order valence-corrected chi connectivity index (χ4v) is 4.18. The van der Waals surface area contributed by atoms with E-state index in [1.807, 2.05) is 12.1 Å². The van der Waals surface area contributed by atoms with Gasteiger partial charge in [0, 0.05) is 36.1 Å². The first-order valence-electron chi connectivity index (χ1n) is 8.18. The molecule has 0 radical (unpaired) electrons. The molecule has 2 aliphatic rings. The Labute approximate surface area is 140 Å². The average molecular weight is 366 g/mol. The van der Waals surface area contributed by atoms with Gasteiger partial charge in [0.05, 0.1) is 5.69 Å². The van der Waals surface area contributed by atoms with E-state index in [9.17, 15) is 4.79 Å². The Balaban J connectivity index is 1.50. The molecule has 0 bridgehead atoms. The highest BCUT2D eigenvalue weighted by atomic mass is 79.9. The lowest BCUT2D eigenvalue weighted by Crippen LogP contribution is -2.39. The van der Waals surface area contributed by atoms with Gasteiger partial charge in [-0.05, 0) is 53.2 Å². The lowest BCUT2D eigenvalue weighted by atomic mass is 9.99. The monoisotopic (exact) mass is 365 g/mol. The van der Waals surface area contributed by atoms with Gasteiger partial charge >= 0.3 is 0 Å². The number of benzene rings is 1. The number of nitrogens with zero attached hydrogens (tertiary/aromatic N) is 1. The van der Waals surface area contributed by atoms with Crippen LogP contribution in [0.5, 0.6) is 0 Å². The topological polar surface area (TPSA) is 58.4 Å². The first kappa shape index (κ1) is 15.8. The highest BCUT2D eigenvalue weighted by Gasteiger charge is 2.29. The maximum Gasteiger partial charge on any atom is 0.220 e.